The third-order valence-corrected chi connectivity index (χ3v) is 7.52. The second-order valence-corrected chi connectivity index (χ2v) is 9.47. The molecular formula is C23H32N6O2. The highest BCUT2D eigenvalue weighted by Gasteiger charge is 2.34. The van der Waals surface area contributed by atoms with Crippen LogP contribution in [0, 0.1) is 11.8 Å². The van der Waals surface area contributed by atoms with Crippen molar-refractivity contribution in [2.45, 2.75) is 57.4 Å². The second-order valence-electron chi connectivity index (χ2n) is 9.47. The fourth-order valence-corrected chi connectivity index (χ4v) is 5.45. The predicted octanol–water partition coefficient (Wildman–Crippen LogP) is 2.16. The summed E-state index contributed by atoms with van der Waals surface area (Å²) in [4.78, 5) is 41.4. The number of primary amides is 1. The van der Waals surface area contributed by atoms with Gasteiger partial charge in [-0.15, -0.1) is 0 Å². The van der Waals surface area contributed by atoms with Gasteiger partial charge in [-0.1, -0.05) is 6.42 Å². The average molecular weight is 425 g/mol. The summed E-state index contributed by atoms with van der Waals surface area (Å²) in [6.07, 6.45) is 10.6. The van der Waals surface area contributed by atoms with E-state index >= 15 is 0 Å². The first-order valence-electron chi connectivity index (χ1n) is 11.7. The van der Waals surface area contributed by atoms with Crippen LogP contribution in [0.3, 0.4) is 0 Å². The summed E-state index contributed by atoms with van der Waals surface area (Å²) in [5, 5.41) is 0. The van der Waals surface area contributed by atoms with Crippen LogP contribution in [0.5, 0.6) is 0 Å². The van der Waals surface area contributed by atoms with Crippen LogP contribution in [0.25, 0.3) is 11.2 Å². The minimum atomic E-state index is -0.202. The number of H-pyrrole nitrogens is 1. The van der Waals surface area contributed by atoms with Gasteiger partial charge < -0.3 is 15.6 Å². The number of aromatic amines is 1. The predicted molar refractivity (Wildman–Crippen MR) is 117 cm³/mol. The molecule has 3 fully saturated rings. The first kappa shape index (κ1) is 20.4. The largest absolute Gasteiger partial charge is 0.369 e. The van der Waals surface area contributed by atoms with Gasteiger partial charge in [-0.2, -0.15) is 0 Å². The van der Waals surface area contributed by atoms with Crippen LogP contribution < -0.4 is 5.73 Å². The molecule has 31 heavy (non-hydrogen) atoms. The molecule has 4 heterocycles. The van der Waals surface area contributed by atoms with Gasteiger partial charge in [0.1, 0.15) is 5.52 Å². The van der Waals surface area contributed by atoms with Crippen molar-refractivity contribution in [2.24, 2.45) is 17.6 Å². The van der Waals surface area contributed by atoms with Gasteiger partial charge in [-0.3, -0.25) is 19.5 Å². The van der Waals surface area contributed by atoms with E-state index in [1.54, 1.807) is 12.4 Å². The summed E-state index contributed by atoms with van der Waals surface area (Å²) in [5.41, 5.74) is 9.73. The lowest BCUT2D eigenvalue weighted by Crippen LogP contribution is -2.43. The number of hydrogen-bond acceptors (Lipinski definition) is 5. The molecule has 1 aliphatic carbocycles. The zero-order valence-corrected chi connectivity index (χ0v) is 18.1. The molecule has 2 amide bonds. The summed E-state index contributed by atoms with van der Waals surface area (Å²) in [6.45, 7) is 4.06. The molecule has 0 aromatic carbocycles. The van der Waals surface area contributed by atoms with Gasteiger partial charge in [0.25, 0.3) is 0 Å². The number of nitrogens with zero attached hydrogens (tertiary/aromatic N) is 4. The molecular weight excluding hydrogens is 392 g/mol. The summed E-state index contributed by atoms with van der Waals surface area (Å²) >= 11 is 0. The Balaban J connectivity index is 1.34. The summed E-state index contributed by atoms with van der Waals surface area (Å²) in [6, 6.07) is 0. The topological polar surface area (TPSA) is 108 Å². The van der Waals surface area contributed by atoms with E-state index < -0.39 is 0 Å². The number of nitrogens with one attached hydrogen (secondary N) is 1. The van der Waals surface area contributed by atoms with Crippen molar-refractivity contribution < 1.29 is 9.59 Å². The van der Waals surface area contributed by atoms with Crippen molar-refractivity contribution in [1.82, 2.24) is 24.8 Å². The van der Waals surface area contributed by atoms with Crippen molar-refractivity contribution in [2.75, 3.05) is 26.2 Å². The van der Waals surface area contributed by atoms with Gasteiger partial charge in [0.05, 0.1) is 5.92 Å². The van der Waals surface area contributed by atoms with E-state index in [1.807, 2.05) is 0 Å². The van der Waals surface area contributed by atoms with Crippen molar-refractivity contribution in [1.29, 1.82) is 0 Å². The number of carbonyl (C=O) groups is 2. The van der Waals surface area contributed by atoms with E-state index in [0.29, 0.717) is 18.4 Å². The Morgan fingerprint density at radius 3 is 2.45 bits per heavy atom. The quantitative estimate of drug-likeness (QED) is 0.765. The fraction of sp³-hybridized carbons (Fsp3) is 0.652. The van der Waals surface area contributed by atoms with E-state index in [4.69, 9.17) is 5.73 Å². The highest BCUT2D eigenvalue weighted by atomic mass is 16.2. The SMILES string of the molecule is NC(=O)[C@@H]1CCCN(Cc2c(C3CCN(C(=O)C4CCC4)CC3)[nH]c3nccnc23)C1. The number of fused-ring (bicyclic) bond motifs is 1. The highest BCUT2D eigenvalue weighted by Crippen LogP contribution is 2.36. The maximum absolute atomic E-state index is 12.6. The van der Waals surface area contributed by atoms with Crippen LogP contribution in [0.15, 0.2) is 12.4 Å². The number of piperidine rings is 2. The number of likely N-dealkylation sites (tertiary alicyclic amines) is 2. The third kappa shape index (κ3) is 4.05. The summed E-state index contributed by atoms with van der Waals surface area (Å²) in [5.74, 6) is 0.719. The second kappa shape index (κ2) is 8.57. The van der Waals surface area contributed by atoms with E-state index in [1.165, 1.54) is 17.7 Å². The lowest BCUT2D eigenvalue weighted by atomic mass is 9.83. The number of amides is 2. The van der Waals surface area contributed by atoms with Crippen LogP contribution >= 0.6 is 0 Å². The van der Waals surface area contributed by atoms with Crippen molar-refractivity contribution in [3.8, 4) is 0 Å². The molecule has 3 aliphatic rings. The van der Waals surface area contributed by atoms with Gasteiger partial charge in [-0.25, -0.2) is 4.98 Å². The van der Waals surface area contributed by atoms with E-state index in [0.717, 1.165) is 75.9 Å². The molecule has 0 unspecified atom stereocenters. The number of nitrogens with two attached hydrogens (primary N) is 1. The molecule has 166 valence electrons. The standard InChI is InChI=1S/C23H32N6O2/c24-21(30)17-5-2-10-28(13-17)14-18-19(27-22-20(18)25-8-9-26-22)15-6-11-29(12-7-15)23(31)16-3-1-4-16/h8-9,15-17H,1-7,10-14H2,(H2,24,30)(H,26,27)/t17-/m1/s1. The van der Waals surface area contributed by atoms with E-state index in [9.17, 15) is 9.59 Å². The number of hydrogen-bond donors (Lipinski definition) is 2. The van der Waals surface area contributed by atoms with Gasteiger partial charge >= 0.3 is 0 Å². The number of rotatable bonds is 5. The van der Waals surface area contributed by atoms with Gasteiger partial charge in [0.2, 0.25) is 11.8 Å². The van der Waals surface area contributed by atoms with Crippen LogP contribution in [0.2, 0.25) is 0 Å². The van der Waals surface area contributed by atoms with Crippen molar-refractivity contribution in [3.63, 3.8) is 0 Å². The smallest absolute Gasteiger partial charge is 0.225 e. The molecule has 0 radical (unpaired) electrons. The maximum Gasteiger partial charge on any atom is 0.225 e. The molecule has 8 nitrogen and oxygen atoms in total. The first-order valence-corrected chi connectivity index (χ1v) is 11.7. The van der Waals surface area contributed by atoms with Crippen molar-refractivity contribution in [3.05, 3.63) is 23.7 Å². The Morgan fingerprint density at radius 1 is 1.00 bits per heavy atom. The minimum absolute atomic E-state index is 0.0748. The Kier molecular flexibility index (Phi) is 5.65. The van der Waals surface area contributed by atoms with E-state index in [2.05, 4.69) is 24.8 Å². The average Bonchev–Trinajstić information content (AvgIpc) is 3.11. The zero-order chi connectivity index (χ0) is 21.4. The molecule has 8 heteroatoms. The van der Waals surface area contributed by atoms with Crippen LogP contribution in [0.1, 0.15) is 62.1 Å². The molecule has 2 aromatic heterocycles. The molecule has 1 atom stereocenters. The van der Waals surface area contributed by atoms with Gasteiger partial charge in [0.15, 0.2) is 5.65 Å². The molecule has 2 aliphatic heterocycles. The summed E-state index contributed by atoms with van der Waals surface area (Å²) in [7, 11) is 0. The first-order chi connectivity index (χ1) is 15.1. The molecule has 2 saturated heterocycles. The Hall–Kier alpha value is -2.48. The Labute approximate surface area is 182 Å². The molecule has 5 rings (SSSR count). The number of carbonyl (C=O) groups excluding carboxylic acids is 2. The summed E-state index contributed by atoms with van der Waals surface area (Å²) < 4.78 is 0. The highest BCUT2D eigenvalue weighted by molar-refractivity contribution is 5.80. The van der Waals surface area contributed by atoms with Crippen LogP contribution in [0.4, 0.5) is 0 Å². The van der Waals surface area contributed by atoms with Crippen molar-refractivity contribution >= 4 is 23.0 Å². The zero-order valence-electron chi connectivity index (χ0n) is 18.1. The lowest BCUT2D eigenvalue weighted by molar-refractivity contribution is -0.139. The van der Waals surface area contributed by atoms with Crippen LogP contribution in [-0.2, 0) is 16.1 Å². The normalized spacial score (nSPS) is 23.7. The third-order valence-electron chi connectivity index (χ3n) is 7.52. The molecule has 1 saturated carbocycles. The Morgan fingerprint density at radius 2 is 1.74 bits per heavy atom. The minimum Gasteiger partial charge on any atom is -0.369 e. The lowest BCUT2D eigenvalue weighted by Gasteiger charge is -2.37. The van der Waals surface area contributed by atoms with Crippen LogP contribution in [-0.4, -0.2) is 62.7 Å². The molecule has 0 spiro atoms. The molecule has 2 aromatic rings. The Bertz CT molecular complexity index is 960. The molecule has 0 bridgehead atoms. The molecule has 3 N–H and O–H groups in total. The number of aromatic nitrogens is 3. The monoisotopic (exact) mass is 424 g/mol. The maximum atomic E-state index is 12.6. The van der Waals surface area contributed by atoms with Gasteiger partial charge in [0, 0.05) is 61.7 Å². The van der Waals surface area contributed by atoms with E-state index in [-0.39, 0.29) is 17.7 Å². The van der Waals surface area contributed by atoms with Gasteiger partial charge in [-0.05, 0) is 45.1 Å². The fourth-order valence-electron chi connectivity index (χ4n) is 5.45.